The Labute approximate surface area is 142 Å². The van der Waals surface area contributed by atoms with Crippen LogP contribution >= 0.6 is 0 Å². The zero-order chi connectivity index (χ0) is 17.0. The molecule has 0 bridgehead atoms. The largest absolute Gasteiger partial charge is 0.396 e. The highest BCUT2D eigenvalue weighted by atomic mass is 16.7. The van der Waals surface area contributed by atoms with Gasteiger partial charge in [0.15, 0.2) is 5.79 Å². The van der Waals surface area contributed by atoms with E-state index in [2.05, 4.69) is 0 Å². The summed E-state index contributed by atoms with van der Waals surface area (Å²) in [4.78, 5) is 0. The van der Waals surface area contributed by atoms with Crippen LogP contribution in [0.15, 0.2) is 0 Å². The summed E-state index contributed by atoms with van der Waals surface area (Å²) in [5.74, 6) is -0.443. The zero-order valence-corrected chi connectivity index (χ0v) is 15.3. The quantitative estimate of drug-likeness (QED) is 0.469. The summed E-state index contributed by atoms with van der Waals surface area (Å²) in [7, 11) is 0. The highest BCUT2D eigenvalue weighted by Gasteiger charge is 2.40. The standard InChI is InChI=1S/C19H38O4/c1-19(2)22-17(13-9-5-3-4-7-11-15-20)18(23-19)14-10-6-8-12-16-21/h17-18,20-21H,3-16H2,1-2H3/t17-,18-/m1/s1. The second kappa shape index (κ2) is 12.2. The van der Waals surface area contributed by atoms with Crippen molar-refractivity contribution in [1.29, 1.82) is 0 Å². The Balaban J connectivity index is 2.16. The third kappa shape index (κ3) is 9.65. The summed E-state index contributed by atoms with van der Waals surface area (Å²) >= 11 is 0. The first-order chi connectivity index (χ1) is 11.1. The fourth-order valence-corrected chi connectivity index (χ4v) is 3.37. The van der Waals surface area contributed by atoms with Crippen LogP contribution in [-0.2, 0) is 9.47 Å². The van der Waals surface area contributed by atoms with Crippen molar-refractivity contribution < 1.29 is 19.7 Å². The average Bonchev–Trinajstić information content (AvgIpc) is 2.80. The predicted octanol–water partition coefficient (Wildman–Crippen LogP) is 4.17. The molecule has 23 heavy (non-hydrogen) atoms. The van der Waals surface area contributed by atoms with Gasteiger partial charge in [0, 0.05) is 13.2 Å². The minimum Gasteiger partial charge on any atom is -0.396 e. The van der Waals surface area contributed by atoms with Gasteiger partial charge in [-0.2, -0.15) is 0 Å². The van der Waals surface area contributed by atoms with Crippen LogP contribution in [0.5, 0.6) is 0 Å². The molecule has 0 aliphatic carbocycles. The van der Waals surface area contributed by atoms with Gasteiger partial charge in [0.1, 0.15) is 0 Å². The van der Waals surface area contributed by atoms with Crippen LogP contribution in [0, 0.1) is 0 Å². The van der Waals surface area contributed by atoms with E-state index in [1.165, 1.54) is 32.1 Å². The van der Waals surface area contributed by atoms with Crippen molar-refractivity contribution in [2.24, 2.45) is 0 Å². The van der Waals surface area contributed by atoms with E-state index in [9.17, 15) is 0 Å². The van der Waals surface area contributed by atoms with E-state index >= 15 is 0 Å². The molecule has 1 aliphatic rings. The maximum Gasteiger partial charge on any atom is 0.163 e. The van der Waals surface area contributed by atoms with Crippen molar-refractivity contribution in [2.45, 2.75) is 109 Å². The lowest BCUT2D eigenvalue weighted by molar-refractivity contribution is -0.147. The molecule has 0 radical (unpaired) electrons. The Bertz CT molecular complexity index is 281. The highest BCUT2D eigenvalue weighted by molar-refractivity contribution is 4.81. The van der Waals surface area contributed by atoms with Crippen LogP contribution in [0.1, 0.15) is 90.9 Å². The number of ether oxygens (including phenoxy) is 2. The summed E-state index contributed by atoms with van der Waals surface area (Å²) in [5, 5.41) is 17.6. The van der Waals surface area contributed by atoms with Crippen molar-refractivity contribution in [3.05, 3.63) is 0 Å². The minimum atomic E-state index is -0.443. The van der Waals surface area contributed by atoms with Gasteiger partial charge in [-0.3, -0.25) is 0 Å². The summed E-state index contributed by atoms with van der Waals surface area (Å²) in [6.45, 7) is 4.65. The molecule has 0 unspecified atom stereocenters. The lowest BCUT2D eigenvalue weighted by Crippen LogP contribution is -2.22. The molecule has 1 aliphatic heterocycles. The number of hydrogen-bond acceptors (Lipinski definition) is 4. The van der Waals surface area contributed by atoms with Gasteiger partial charge in [-0.05, 0) is 39.5 Å². The molecule has 0 aromatic carbocycles. The molecule has 1 fully saturated rings. The molecule has 1 rings (SSSR count). The smallest absolute Gasteiger partial charge is 0.163 e. The van der Waals surface area contributed by atoms with Crippen LogP contribution in [0.25, 0.3) is 0 Å². The van der Waals surface area contributed by atoms with E-state index in [1.54, 1.807) is 0 Å². The summed E-state index contributed by atoms with van der Waals surface area (Å²) in [6, 6.07) is 0. The molecule has 0 saturated carbocycles. The molecule has 138 valence electrons. The first kappa shape index (κ1) is 20.9. The second-order valence-corrected chi connectivity index (χ2v) is 7.27. The van der Waals surface area contributed by atoms with Crippen molar-refractivity contribution in [3.8, 4) is 0 Å². The van der Waals surface area contributed by atoms with Gasteiger partial charge < -0.3 is 19.7 Å². The SMILES string of the molecule is CC1(C)O[C@H](CCCCCCO)[C@@H](CCCCCCCCO)O1. The Hall–Kier alpha value is -0.160. The molecule has 4 heteroatoms. The topological polar surface area (TPSA) is 58.9 Å². The fourth-order valence-electron chi connectivity index (χ4n) is 3.37. The lowest BCUT2D eigenvalue weighted by atomic mass is 10.00. The molecule has 0 aromatic heterocycles. The predicted molar refractivity (Wildman–Crippen MR) is 93.4 cm³/mol. The molecule has 0 aromatic rings. The van der Waals surface area contributed by atoms with Crippen molar-refractivity contribution in [1.82, 2.24) is 0 Å². The monoisotopic (exact) mass is 330 g/mol. The van der Waals surface area contributed by atoms with Crippen molar-refractivity contribution >= 4 is 0 Å². The van der Waals surface area contributed by atoms with Gasteiger partial charge in [0.25, 0.3) is 0 Å². The first-order valence-corrected chi connectivity index (χ1v) is 9.66. The molecular formula is C19H38O4. The Morgan fingerprint density at radius 3 is 1.35 bits per heavy atom. The van der Waals surface area contributed by atoms with Gasteiger partial charge in [-0.15, -0.1) is 0 Å². The van der Waals surface area contributed by atoms with Gasteiger partial charge in [0.05, 0.1) is 12.2 Å². The minimum absolute atomic E-state index is 0.230. The van der Waals surface area contributed by atoms with Crippen molar-refractivity contribution in [3.63, 3.8) is 0 Å². The van der Waals surface area contributed by atoms with E-state index in [-0.39, 0.29) is 12.2 Å². The number of hydrogen-bond donors (Lipinski definition) is 2. The van der Waals surface area contributed by atoms with Crippen LogP contribution in [0.2, 0.25) is 0 Å². The number of aliphatic hydroxyl groups excluding tert-OH is 2. The molecule has 0 spiro atoms. The molecule has 2 N–H and O–H groups in total. The fraction of sp³-hybridized carbons (Fsp3) is 1.00. The third-order valence-corrected chi connectivity index (χ3v) is 4.58. The average molecular weight is 331 g/mol. The third-order valence-electron chi connectivity index (χ3n) is 4.58. The molecule has 1 saturated heterocycles. The van der Waals surface area contributed by atoms with Crippen LogP contribution in [0.3, 0.4) is 0 Å². The van der Waals surface area contributed by atoms with Gasteiger partial charge >= 0.3 is 0 Å². The molecule has 0 amide bonds. The Morgan fingerprint density at radius 1 is 0.609 bits per heavy atom. The van der Waals surface area contributed by atoms with Crippen LogP contribution < -0.4 is 0 Å². The van der Waals surface area contributed by atoms with Gasteiger partial charge in [0.2, 0.25) is 0 Å². The first-order valence-electron chi connectivity index (χ1n) is 9.66. The molecule has 4 nitrogen and oxygen atoms in total. The Morgan fingerprint density at radius 2 is 0.957 bits per heavy atom. The lowest BCUT2D eigenvalue weighted by Gasteiger charge is -2.16. The highest BCUT2D eigenvalue weighted by Crippen LogP contribution is 2.33. The van der Waals surface area contributed by atoms with E-state index < -0.39 is 5.79 Å². The maximum atomic E-state index is 8.82. The number of rotatable bonds is 14. The zero-order valence-electron chi connectivity index (χ0n) is 15.3. The van der Waals surface area contributed by atoms with E-state index in [1.807, 2.05) is 13.8 Å². The summed E-state index contributed by atoms with van der Waals surface area (Å²) in [6.07, 6.45) is 14.0. The van der Waals surface area contributed by atoms with Gasteiger partial charge in [-0.25, -0.2) is 0 Å². The normalized spacial score (nSPS) is 23.5. The van der Waals surface area contributed by atoms with Gasteiger partial charge in [-0.1, -0.05) is 51.4 Å². The maximum absolute atomic E-state index is 8.82. The van der Waals surface area contributed by atoms with E-state index in [0.717, 1.165) is 44.9 Å². The second-order valence-electron chi connectivity index (χ2n) is 7.27. The number of unbranched alkanes of at least 4 members (excludes halogenated alkanes) is 8. The summed E-state index contributed by atoms with van der Waals surface area (Å²) in [5.41, 5.74) is 0. The Kier molecular flexibility index (Phi) is 11.1. The molecule has 2 atom stereocenters. The van der Waals surface area contributed by atoms with Crippen LogP contribution in [0.4, 0.5) is 0 Å². The van der Waals surface area contributed by atoms with E-state index in [4.69, 9.17) is 19.7 Å². The molecular weight excluding hydrogens is 292 g/mol. The van der Waals surface area contributed by atoms with Crippen molar-refractivity contribution in [2.75, 3.05) is 13.2 Å². The molecule has 1 heterocycles. The number of aliphatic hydroxyl groups is 2. The van der Waals surface area contributed by atoms with E-state index in [0.29, 0.717) is 13.2 Å². The summed E-state index contributed by atoms with van der Waals surface area (Å²) < 4.78 is 12.2. The van der Waals surface area contributed by atoms with Crippen LogP contribution in [-0.4, -0.2) is 41.4 Å².